The Morgan fingerprint density at radius 2 is 1.54 bits per heavy atom. The van der Waals surface area contributed by atoms with Crippen LogP contribution >= 0.6 is 0 Å². The predicted octanol–water partition coefficient (Wildman–Crippen LogP) is 5.48. The van der Waals surface area contributed by atoms with Gasteiger partial charge in [0.2, 0.25) is 0 Å². The van der Waals surface area contributed by atoms with Gasteiger partial charge in [0.05, 0.1) is 5.69 Å². The normalized spacial score (nSPS) is 11.3. The molecule has 0 N–H and O–H groups in total. The highest BCUT2D eigenvalue weighted by Crippen LogP contribution is 2.32. The number of fused-ring (bicyclic) bond motifs is 1. The molecule has 5 nitrogen and oxygen atoms in total. The van der Waals surface area contributed by atoms with E-state index in [2.05, 4.69) is 15.1 Å². The van der Waals surface area contributed by atoms with Crippen molar-refractivity contribution in [2.45, 2.75) is 0 Å². The van der Waals surface area contributed by atoms with Crippen LogP contribution in [0.1, 0.15) is 0 Å². The van der Waals surface area contributed by atoms with Gasteiger partial charge in [-0.3, -0.25) is 4.40 Å². The molecule has 0 radical (unpaired) electrons. The van der Waals surface area contributed by atoms with E-state index in [-0.39, 0.29) is 0 Å². The Bertz CT molecular complexity index is 1050. The smallest absolute Gasteiger partial charge is 0.187 e. The van der Waals surface area contributed by atoms with Gasteiger partial charge < -0.3 is 4.90 Å². The maximum atomic E-state index is 4.74. The maximum Gasteiger partial charge on any atom is 0.187 e. The third-order valence-corrected chi connectivity index (χ3v) is 4.18. The largest absolute Gasteiger partial charge is 0.378 e. The van der Waals surface area contributed by atoms with Crippen molar-refractivity contribution >= 4 is 22.8 Å². The molecule has 2 aromatic carbocycles. The van der Waals surface area contributed by atoms with Gasteiger partial charge in [0, 0.05) is 31.5 Å². The van der Waals surface area contributed by atoms with Gasteiger partial charge in [-0.15, -0.1) is 10.2 Å². The number of nitrogens with zero attached hydrogens (tertiary/aromatic N) is 5. The van der Waals surface area contributed by atoms with Crippen LogP contribution in [-0.4, -0.2) is 23.5 Å². The second-order valence-corrected chi connectivity index (χ2v) is 6.19. The second kappa shape index (κ2) is 6.80. The van der Waals surface area contributed by atoms with Crippen LogP contribution in [-0.2, 0) is 0 Å². The fourth-order valence-corrected chi connectivity index (χ4v) is 2.79. The van der Waals surface area contributed by atoms with E-state index in [0.717, 1.165) is 34.1 Å². The minimum atomic E-state index is 0.725. The Hall–Kier alpha value is -3.47. The minimum Gasteiger partial charge on any atom is -0.378 e. The van der Waals surface area contributed by atoms with Crippen LogP contribution in [0, 0.1) is 0 Å². The number of benzene rings is 2. The first-order valence-corrected chi connectivity index (χ1v) is 8.44. The Morgan fingerprint density at radius 1 is 0.808 bits per heavy atom. The summed E-state index contributed by atoms with van der Waals surface area (Å²) < 4.78 is 1.96. The van der Waals surface area contributed by atoms with Crippen LogP contribution in [0.3, 0.4) is 0 Å². The van der Waals surface area contributed by atoms with Gasteiger partial charge in [0.25, 0.3) is 0 Å². The van der Waals surface area contributed by atoms with Crippen molar-refractivity contribution in [1.82, 2.24) is 9.38 Å². The van der Waals surface area contributed by atoms with Gasteiger partial charge in [0.15, 0.2) is 5.82 Å². The van der Waals surface area contributed by atoms with Crippen molar-refractivity contribution < 1.29 is 0 Å². The standard InChI is InChI=1S/C21H19N5/c1-25(2)18-13-11-17(12-14-18)23-24-21-20(16-8-4-3-5-9-16)22-19-10-6-7-15-26(19)21/h3-15H,1-2H3. The predicted molar refractivity (Wildman–Crippen MR) is 106 cm³/mol. The summed E-state index contributed by atoms with van der Waals surface area (Å²) in [5, 5.41) is 8.96. The Labute approximate surface area is 152 Å². The van der Waals surface area contributed by atoms with Crippen molar-refractivity contribution in [2.24, 2.45) is 10.2 Å². The zero-order valence-electron chi connectivity index (χ0n) is 14.7. The summed E-state index contributed by atoms with van der Waals surface area (Å²) >= 11 is 0. The van der Waals surface area contributed by atoms with Gasteiger partial charge >= 0.3 is 0 Å². The van der Waals surface area contributed by atoms with Crippen LogP contribution < -0.4 is 4.90 Å². The zero-order chi connectivity index (χ0) is 17.9. The van der Waals surface area contributed by atoms with E-state index in [1.165, 1.54) is 0 Å². The average molecular weight is 341 g/mol. The van der Waals surface area contributed by atoms with Crippen LogP contribution in [0.2, 0.25) is 0 Å². The van der Waals surface area contributed by atoms with E-state index in [1.54, 1.807) is 0 Å². The average Bonchev–Trinajstić information content (AvgIpc) is 3.06. The molecule has 5 heteroatoms. The van der Waals surface area contributed by atoms with E-state index in [1.807, 2.05) is 97.5 Å². The minimum absolute atomic E-state index is 0.725. The SMILES string of the molecule is CN(C)c1ccc(N=Nc2c(-c3ccccc3)nc3ccccn23)cc1. The molecule has 0 bridgehead atoms. The van der Waals surface area contributed by atoms with Gasteiger partial charge in [-0.05, 0) is 36.4 Å². The molecule has 128 valence electrons. The highest BCUT2D eigenvalue weighted by atomic mass is 15.2. The lowest BCUT2D eigenvalue weighted by molar-refractivity contribution is 1.10. The first-order chi connectivity index (χ1) is 12.7. The molecule has 0 spiro atoms. The van der Waals surface area contributed by atoms with Gasteiger partial charge in [-0.1, -0.05) is 36.4 Å². The zero-order valence-corrected chi connectivity index (χ0v) is 14.7. The first-order valence-electron chi connectivity index (χ1n) is 8.44. The third kappa shape index (κ3) is 3.07. The number of aromatic nitrogens is 2. The first kappa shape index (κ1) is 16.0. The van der Waals surface area contributed by atoms with Crippen molar-refractivity contribution in [1.29, 1.82) is 0 Å². The van der Waals surface area contributed by atoms with E-state index >= 15 is 0 Å². The lowest BCUT2D eigenvalue weighted by Gasteiger charge is -2.11. The monoisotopic (exact) mass is 341 g/mol. The molecule has 4 rings (SSSR count). The van der Waals surface area contributed by atoms with E-state index < -0.39 is 0 Å². The highest BCUT2D eigenvalue weighted by molar-refractivity contribution is 5.74. The van der Waals surface area contributed by atoms with Crippen molar-refractivity contribution in [3.05, 3.63) is 79.0 Å². The maximum absolute atomic E-state index is 4.74. The molecule has 0 aliphatic heterocycles. The summed E-state index contributed by atoms with van der Waals surface area (Å²) in [5.74, 6) is 0.725. The summed E-state index contributed by atoms with van der Waals surface area (Å²) in [6, 6.07) is 24.0. The van der Waals surface area contributed by atoms with Crippen LogP contribution in [0.4, 0.5) is 17.2 Å². The molecule has 0 fully saturated rings. The Kier molecular flexibility index (Phi) is 4.19. The Balaban J connectivity index is 1.77. The number of anilines is 1. The summed E-state index contributed by atoms with van der Waals surface area (Å²) in [6.07, 6.45) is 1.96. The fraction of sp³-hybridized carbons (Fsp3) is 0.0952. The number of imidazole rings is 1. The number of pyridine rings is 1. The van der Waals surface area contributed by atoms with Gasteiger partial charge in [-0.25, -0.2) is 4.98 Å². The molecule has 0 atom stereocenters. The van der Waals surface area contributed by atoms with Crippen LogP contribution in [0.5, 0.6) is 0 Å². The lowest BCUT2D eigenvalue weighted by Crippen LogP contribution is -2.07. The molecule has 2 aromatic heterocycles. The molecule has 0 saturated carbocycles. The molecule has 0 unspecified atom stereocenters. The fourth-order valence-electron chi connectivity index (χ4n) is 2.79. The van der Waals surface area contributed by atoms with E-state index in [4.69, 9.17) is 4.98 Å². The highest BCUT2D eigenvalue weighted by Gasteiger charge is 2.13. The number of hydrogen-bond acceptors (Lipinski definition) is 4. The number of azo groups is 1. The molecule has 0 aliphatic carbocycles. The topological polar surface area (TPSA) is 45.3 Å². The lowest BCUT2D eigenvalue weighted by atomic mass is 10.1. The van der Waals surface area contributed by atoms with Gasteiger partial charge in [0.1, 0.15) is 11.3 Å². The molecule has 2 heterocycles. The summed E-state index contributed by atoms with van der Waals surface area (Å²) in [5.41, 5.74) is 4.63. The molecule has 0 amide bonds. The van der Waals surface area contributed by atoms with Gasteiger partial charge in [-0.2, -0.15) is 0 Å². The summed E-state index contributed by atoms with van der Waals surface area (Å²) in [4.78, 5) is 6.79. The second-order valence-electron chi connectivity index (χ2n) is 6.19. The number of hydrogen-bond donors (Lipinski definition) is 0. The van der Waals surface area contributed by atoms with Crippen molar-refractivity contribution in [2.75, 3.05) is 19.0 Å². The Morgan fingerprint density at radius 3 is 2.27 bits per heavy atom. The molecule has 26 heavy (non-hydrogen) atoms. The van der Waals surface area contributed by atoms with Crippen molar-refractivity contribution in [3.8, 4) is 11.3 Å². The number of rotatable bonds is 4. The van der Waals surface area contributed by atoms with E-state index in [0.29, 0.717) is 0 Å². The van der Waals surface area contributed by atoms with Crippen LogP contribution in [0.15, 0.2) is 89.2 Å². The van der Waals surface area contributed by atoms with Crippen molar-refractivity contribution in [3.63, 3.8) is 0 Å². The quantitative estimate of drug-likeness (QED) is 0.461. The molecular formula is C21H19N5. The van der Waals surface area contributed by atoms with E-state index in [9.17, 15) is 0 Å². The molecule has 0 aliphatic rings. The molecular weight excluding hydrogens is 322 g/mol. The summed E-state index contributed by atoms with van der Waals surface area (Å²) in [7, 11) is 4.03. The molecule has 0 saturated heterocycles. The third-order valence-electron chi connectivity index (χ3n) is 4.18. The molecule has 4 aromatic rings. The summed E-state index contributed by atoms with van der Waals surface area (Å²) in [6.45, 7) is 0. The van der Waals surface area contributed by atoms with Crippen LogP contribution in [0.25, 0.3) is 16.9 Å².